The molecule has 0 saturated carbocycles. The summed E-state index contributed by atoms with van der Waals surface area (Å²) in [5.74, 6) is 0.362. The molecule has 1 heterocycles. The van der Waals surface area contributed by atoms with Crippen LogP contribution in [0.3, 0.4) is 0 Å². The second-order valence-corrected chi connectivity index (χ2v) is 6.94. The van der Waals surface area contributed by atoms with Gasteiger partial charge >= 0.3 is 0 Å². The molecule has 0 spiro atoms. The van der Waals surface area contributed by atoms with Gasteiger partial charge in [0.1, 0.15) is 0 Å². The van der Waals surface area contributed by atoms with E-state index in [1.54, 1.807) is 0 Å². The number of nitrogens with one attached hydrogen (secondary N) is 1. The van der Waals surface area contributed by atoms with Gasteiger partial charge < -0.3 is 10.1 Å². The number of carbonyl (C=O) groups is 1. The lowest BCUT2D eigenvalue weighted by molar-refractivity contribution is 0.0342. The van der Waals surface area contributed by atoms with E-state index in [-0.39, 0.29) is 5.91 Å². The summed E-state index contributed by atoms with van der Waals surface area (Å²) in [5.41, 5.74) is 4.01. The molecule has 0 aliphatic carbocycles. The molecule has 0 aromatic heterocycles. The number of para-hydroxylation sites is 1. The van der Waals surface area contributed by atoms with Gasteiger partial charge in [0.25, 0.3) is 5.91 Å². The van der Waals surface area contributed by atoms with Crippen LogP contribution in [0.2, 0.25) is 0 Å². The first-order chi connectivity index (χ1) is 12.7. The third kappa shape index (κ3) is 4.71. The van der Waals surface area contributed by atoms with E-state index in [1.807, 2.05) is 42.5 Å². The fourth-order valence-electron chi connectivity index (χ4n) is 3.23. The lowest BCUT2D eigenvalue weighted by Crippen LogP contribution is -2.35. The molecule has 26 heavy (non-hydrogen) atoms. The SMILES string of the molecule is CCC(C)c1ccccc1NC(=O)c1ccc(CN2CCOCC2)cc1. The lowest BCUT2D eigenvalue weighted by Gasteiger charge is -2.26. The summed E-state index contributed by atoms with van der Waals surface area (Å²) < 4.78 is 5.38. The van der Waals surface area contributed by atoms with Gasteiger partial charge in [0.15, 0.2) is 0 Å². The Labute approximate surface area is 156 Å². The Balaban J connectivity index is 1.65. The van der Waals surface area contributed by atoms with Crippen LogP contribution < -0.4 is 5.32 Å². The van der Waals surface area contributed by atoms with Gasteiger partial charge in [-0.1, -0.05) is 44.2 Å². The second kappa shape index (κ2) is 8.97. The zero-order valence-electron chi connectivity index (χ0n) is 15.7. The first-order valence-electron chi connectivity index (χ1n) is 9.46. The van der Waals surface area contributed by atoms with Crippen LogP contribution in [0.5, 0.6) is 0 Å². The van der Waals surface area contributed by atoms with Crippen LogP contribution in [0.4, 0.5) is 5.69 Å². The highest BCUT2D eigenvalue weighted by Gasteiger charge is 2.13. The van der Waals surface area contributed by atoms with E-state index < -0.39 is 0 Å². The van der Waals surface area contributed by atoms with E-state index in [9.17, 15) is 4.79 Å². The van der Waals surface area contributed by atoms with Gasteiger partial charge in [-0.2, -0.15) is 0 Å². The number of hydrogen-bond acceptors (Lipinski definition) is 3. The van der Waals surface area contributed by atoms with E-state index >= 15 is 0 Å². The molecule has 0 radical (unpaired) electrons. The smallest absolute Gasteiger partial charge is 0.255 e. The maximum absolute atomic E-state index is 12.6. The van der Waals surface area contributed by atoms with Gasteiger partial charge in [0.2, 0.25) is 0 Å². The number of ether oxygens (including phenoxy) is 1. The molecule has 0 bridgehead atoms. The van der Waals surface area contributed by atoms with Crippen LogP contribution in [0.25, 0.3) is 0 Å². The first-order valence-corrected chi connectivity index (χ1v) is 9.46. The molecule has 1 aliphatic heterocycles. The van der Waals surface area contributed by atoms with E-state index in [0.717, 1.165) is 45.0 Å². The monoisotopic (exact) mass is 352 g/mol. The summed E-state index contributed by atoms with van der Waals surface area (Å²) in [4.78, 5) is 15.0. The van der Waals surface area contributed by atoms with Gasteiger partial charge in [-0.3, -0.25) is 9.69 Å². The molecule has 4 heteroatoms. The number of carbonyl (C=O) groups excluding carboxylic acids is 1. The van der Waals surface area contributed by atoms with Crippen molar-refractivity contribution >= 4 is 11.6 Å². The van der Waals surface area contributed by atoms with Crippen LogP contribution in [-0.2, 0) is 11.3 Å². The molecule has 2 aromatic rings. The highest BCUT2D eigenvalue weighted by atomic mass is 16.5. The minimum atomic E-state index is -0.0568. The molecule has 1 saturated heterocycles. The average molecular weight is 352 g/mol. The molecule has 1 amide bonds. The molecule has 138 valence electrons. The minimum absolute atomic E-state index is 0.0568. The topological polar surface area (TPSA) is 41.6 Å². The maximum atomic E-state index is 12.6. The fraction of sp³-hybridized carbons (Fsp3) is 0.409. The highest BCUT2D eigenvalue weighted by Crippen LogP contribution is 2.26. The van der Waals surface area contributed by atoms with Crippen LogP contribution in [0.15, 0.2) is 48.5 Å². The van der Waals surface area contributed by atoms with Crippen molar-refractivity contribution in [1.82, 2.24) is 4.90 Å². The molecule has 1 atom stereocenters. The molecular weight excluding hydrogens is 324 g/mol. The number of rotatable bonds is 6. The quantitative estimate of drug-likeness (QED) is 0.843. The van der Waals surface area contributed by atoms with Crippen molar-refractivity contribution < 1.29 is 9.53 Å². The molecule has 4 nitrogen and oxygen atoms in total. The van der Waals surface area contributed by atoms with Crippen LogP contribution in [0, 0.1) is 0 Å². The molecule has 2 aromatic carbocycles. The lowest BCUT2D eigenvalue weighted by atomic mass is 9.96. The van der Waals surface area contributed by atoms with Crippen molar-refractivity contribution in [2.45, 2.75) is 32.7 Å². The number of benzene rings is 2. The highest BCUT2D eigenvalue weighted by molar-refractivity contribution is 6.04. The van der Waals surface area contributed by atoms with Crippen molar-refractivity contribution in [3.05, 3.63) is 65.2 Å². The molecule has 1 N–H and O–H groups in total. The fourth-order valence-corrected chi connectivity index (χ4v) is 3.23. The Morgan fingerprint density at radius 2 is 1.81 bits per heavy atom. The zero-order valence-corrected chi connectivity index (χ0v) is 15.7. The van der Waals surface area contributed by atoms with Crippen molar-refractivity contribution in [2.24, 2.45) is 0 Å². The second-order valence-electron chi connectivity index (χ2n) is 6.94. The standard InChI is InChI=1S/C22H28N2O2/c1-3-17(2)20-6-4-5-7-21(20)23-22(25)19-10-8-18(9-11-19)16-24-12-14-26-15-13-24/h4-11,17H,3,12-16H2,1-2H3,(H,23,25). The van der Waals surface area contributed by atoms with Gasteiger partial charge in [-0.05, 0) is 41.7 Å². The van der Waals surface area contributed by atoms with Gasteiger partial charge in [-0.15, -0.1) is 0 Å². The van der Waals surface area contributed by atoms with Crippen molar-refractivity contribution in [3.63, 3.8) is 0 Å². The molecule has 1 fully saturated rings. The van der Waals surface area contributed by atoms with Crippen molar-refractivity contribution in [3.8, 4) is 0 Å². The summed E-state index contributed by atoms with van der Waals surface area (Å²) in [6.07, 6.45) is 1.04. The number of anilines is 1. The average Bonchev–Trinajstić information content (AvgIpc) is 2.69. The summed E-state index contributed by atoms with van der Waals surface area (Å²) in [6, 6.07) is 16.0. The van der Waals surface area contributed by atoms with Crippen molar-refractivity contribution in [2.75, 3.05) is 31.6 Å². The van der Waals surface area contributed by atoms with Gasteiger partial charge in [0, 0.05) is 30.9 Å². The maximum Gasteiger partial charge on any atom is 0.255 e. The predicted octanol–water partition coefficient (Wildman–Crippen LogP) is 4.28. The largest absolute Gasteiger partial charge is 0.379 e. The Morgan fingerprint density at radius 1 is 1.12 bits per heavy atom. The van der Waals surface area contributed by atoms with E-state index in [0.29, 0.717) is 11.5 Å². The molecular formula is C22H28N2O2. The molecule has 3 rings (SSSR count). The third-order valence-electron chi connectivity index (χ3n) is 5.08. The zero-order chi connectivity index (χ0) is 18.4. The molecule has 1 aliphatic rings. The number of amides is 1. The Bertz CT molecular complexity index is 721. The van der Waals surface area contributed by atoms with Crippen LogP contribution in [0.1, 0.15) is 47.7 Å². The Morgan fingerprint density at radius 3 is 2.50 bits per heavy atom. The molecule has 1 unspecified atom stereocenters. The van der Waals surface area contributed by atoms with Gasteiger partial charge in [-0.25, -0.2) is 0 Å². The predicted molar refractivity (Wildman–Crippen MR) is 106 cm³/mol. The van der Waals surface area contributed by atoms with Gasteiger partial charge in [0.05, 0.1) is 13.2 Å². The number of nitrogens with zero attached hydrogens (tertiary/aromatic N) is 1. The number of morpholine rings is 1. The summed E-state index contributed by atoms with van der Waals surface area (Å²) in [5, 5.41) is 3.08. The normalized spacial score (nSPS) is 16.2. The van der Waals surface area contributed by atoms with E-state index in [2.05, 4.69) is 30.1 Å². The minimum Gasteiger partial charge on any atom is -0.379 e. The number of hydrogen-bond donors (Lipinski definition) is 1. The Hall–Kier alpha value is -2.17. The summed E-state index contributed by atoms with van der Waals surface area (Å²) in [6.45, 7) is 8.79. The van der Waals surface area contributed by atoms with E-state index in [4.69, 9.17) is 4.74 Å². The van der Waals surface area contributed by atoms with E-state index in [1.165, 1.54) is 11.1 Å². The van der Waals surface area contributed by atoms with Crippen LogP contribution in [-0.4, -0.2) is 37.1 Å². The Kier molecular flexibility index (Phi) is 6.42. The third-order valence-corrected chi connectivity index (χ3v) is 5.08. The summed E-state index contributed by atoms with van der Waals surface area (Å²) >= 11 is 0. The van der Waals surface area contributed by atoms with Crippen molar-refractivity contribution in [1.29, 1.82) is 0 Å². The first kappa shape index (κ1) is 18.6. The van der Waals surface area contributed by atoms with Crippen LogP contribution >= 0.6 is 0 Å². The summed E-state index contributed by atoms with van der Waals surface area (Å²) in [7, 11) is 0.